The zero-order valence-electron chi connectivity index (χ0n) is 11.3. The molecular weight excluding hydrogens is 212 g/mol. The zero-order valence-corrected chi connectivity index (χ0v) is 11.3. The lowest BCUT2D eigenvalue weighted by atomic mass is 10.1. The largest absolute Gasteiger partial charge is 0.466 e. The van der Waals surface area contributed by atoms with Crippen LogP contribution in [0.3, 0.4) is 0 Å². The van der Waals surface area contributed by atoms with Gasteiger partial charge in [0, 0.05) is 6.92 Å². The van der Waals surface area contributed by atoms with Gasteiger partial charge in [0.25, 0.3) is 0 Å². The summed E-state index contributed by atoms with van der Waals surface area (Å²) in [6, 6.07) is 0. The summed E-state index contributed by atoms with van der Waals surface area (Å²) in [4.78, 5) is 10.5. The van der Waals surface area contributed by atoms with E-state index in [1.165, 1.54) is 26.2 Å². The minimum Gasteiger partial charge on any atom is -0.466 e. The molecular formula is C15H26O2. The second kappa shape index (κ2) is 13.0. The van der Waals surface area contributed by atoms with E-state index in [1.807, 2.05) is 0 Å². The van der Waals surface area contributed by atoms with Crippen molar-refractivity contribution < 1.29 is 9.53 Å². The van der Waals surface area contributed by atoms with E-state index < -0.39 is 0 Å². The topological polar surface area (TPSA) is 26.3 Å². The van der Waals surface area contributed by atoms with Gasteiger partial charge in [-0.2, -0.15) is 0 Å². The molecule has 0 radical (unpaired) electrons. The Morgan fingerprint density at radius 2 is 1.65 bits per heavy atom. The van der Waals surface area contributed by atoms with Gasteiger partial charge in [0.15, 0.2) is 0 Å². The number of allylic oxidation sites excluding steroid dienone is 4. The summed E-state index contributed by atoms with van der Waals surface area (Å²) < 4.78 is 4.87. The molecule has 0 rings (SSSR count). The quantitative estimate of drug-likeness (QED) is 0.320. The molecule has 0 aromatic carbocycles. The Bertz CT molecular complexity index is 229. The van der Waals surface area contributed by atoms with Crippen molar-refractivity contribution in [3.63, 3.8) is 0 Å². The minimum atomic E-state index is -0.171. The number of hydrogen-bond donors (Lipinski definition) is 0. The van der Waals surface area contributed by atoms with Crippen LogP contribution in [0.2, 0.25) is 0 Å². The fourth-order valence-corrected chi connectivity index (χ4v) is 1.50. The summed E-state index contributed by atoms with van der Waals surface area (Å²) in [5.74, 6) is -0.171. The van der Waals surface area contributed by atoms with Crippen molar-refractivity contribution in [2.24, 2.45) is 0 Å². The van der Waals surface area contributed by atoms with Gasteiger partial charge < -0.3 is 4.74 Å². The number of unbranched alkanes of at least 4 members (excludes halogenated alkanes) is 5. The van der Waals surface area contributed by atoms with Crippen LogP contribution >= 0.6 is 0 Å². The van der Waals surface area contributed by atoms with Crippen LogP contribution in [-0.2, 0) is 9.53 Å². The molecule has 0 N–H and O–H groups in total. The van der Waals surface area contributed by atoms with Crippen molar-refractivity contribution in [2.45, 2.75) is 58.8 Å². The predicted octanol–water partition coefficient (Wildman–Crippen LogP) is 4.41. The molecule has 0 aromatic heterocycles. The summed E-state index contributed by atoms with van der Waals surface area (Å²) in [5, 5.41) is 0. The molecule has 0 fully saturated rings. The summed E-state index contributed by atoms with van der Waals surface area (Å²) in [6.07, 6.45) is 16.8. The van der Waals surface area contributed by atoms with E-state index >= 15 is 0 Å². The fraction of sp³-hybridized carbons (Fsp3) is 0.667. The van der Waals surface area contributed by atoms with Gasteiger partial charge in [0.05, 0.1) is 6.61 Å². The van der Waals surface area contributed by atoms with E-state index in [0.717, 1.165) is 25.7 Å². The summed E-state index contributed by atoms with van der Waals surface area (Å²) in [7, 11) is 0. The maximum Gasteiger partial charge on any atom is 0.302 e. The van der Waals surface area contributed by atoms with E-state index in [-0.39, 0.29) is 5.97 Å². The minimum absolute atomic E-state index is 0.171. The number of ether oxygens (including phenoxy) is 1. The third-order valence-corrected chi connectivity index (χ3v) is 2.44. The lowest BCUT2D eigenvalue weighted by Crippen LogP contribution is -1.99. The maximum absolute atomic E-state index is 10.5. The highest BCUT2D eigenvalue weighted by Crippen LogP contribution is 2.06. The van der Waals surface area contributed by atoms with Crippen LogP contribution in [0.5, 0.6) is 0 Å². The van der Waals surface area contributed by atoms with Crippen molar-refractivity contribution in [2.75, 3.05) is 6.61 Å². The highest BCUT2D eigenvalue weighted by Gasteiger charge is 1.93. The monoisotopic (exact) mass is 238 g/mol. The number of carbonyl (C=O) groups is 1. The molecule has 0 aliphatic carbocycles. The van der Waals surface area contributed by atoms with Crippen molar-refractivity contribution in [3.05, 3.63) is 24.3 Å². The summed E-state index contributed by atoms with van der Waals surface area (Å²) in [6.45, 7) is 4.18. The number of carbonyl (C=O) groups excluding carboxylic acids is 1. The number of esters is 1. The average molecular weight is 238 g/mol. The first-order chi connectivity index (χ1) is 8.27. The van der Waals surface area contributed by atoms with Gasteiger partial charge in [0.1, 0.15) is 0 Å². The molecule has 0 saturated heterocycles. The van der Waals surface area contributed by atoms with Crippen LogP contribution in [0.1, 0.15) is 58.8 Å². The predicted molar refractivity (Wildman–Crippen MR) is 72.9 cm³/mol. The Morgan fingerprint density at radius 3 is 2.35 bits per heavy atom. The molecule has 0 aliphatic rings. The standard InChI is InChI=1S/C15H26O2/c1-3-4-5-6-7-8-9-10-11-12-13-14-17-15(2)16/h4-7H,3,8-14H2,1-2H3. The lowest BCUT2D eigenvalue weighted by molar-refractivity contribution is -0.141. The van der Waals surface area contributed by atoms with Crippen LogP contribution in [0, 0.1) is 0 Å². The van der Waals surface area contributed by atoms with Crippen molar-refractivity contribution >= 4 is 5.97 Å². The molecule has 98 valence electrons. The van der Waals surface area contributed by atoms with E-state index in [0.29, 0.717) is 6.61 Å². The molecule has 0 amide bonds. The normalized spacial score (nSPS) is 11.4. The molecule has 0 bridgehead atoms. The van der Waals surface area contributed by atoms with Gasteiger partial charge in [-0.25, -0.2) is 0 Å². The molecule has 0 aromatic rings. The van der Waals surface area contributed by atoms with Crippen molar-refractivity contribution in [1.29, 1.82) is 0 Å². The molecule has 0 unspecified atom stereocenters. The highest BCUT2D eigenvalue weighted by atomic mass is 16.5. The Labute approximate surface area is 106 Å². The smallest absolute Gasteiger partial charge is 0.302 e. The van der Waals surface area contributed by atoms with Gasteiger partial charge in [-0.3, -0.25) is 4.79 Å². The van der Waals surface area contributed by atoms with Crippen LogP contribution in [-0.4, -0.2) is 12.6 Å². The van der Waals surface area contributed by atoms with E-state index in [2.05, 4.69) is 31.2 Å². The third kappa shape index (κ3) is 14.9. The SMILES string of the molecule is CCC=CC=CCCCCCCCOC(C)=O. The first-order valence-electron chi connectivity index (χ1n) is 6.72. The Kier molecular flexibility index (Phi) is 12.2. The summed E-state index contributed by atoms with van der Waals surface area (Å²) in [5.41, 5.74) is 0. The average Bonchev–Trinajstić information content (AvgIpc) is 2.30. The van der Waals surface area contributed by atoms with Crippen molar-refractivity contribution in [3.8, 4) is 0 Å². The van der Waals surface area contributed by atoms with Gasteiger partial charge in [0.2, 0.25) is 0 Å². The van der Waals surface area contributed by atoms with Crippen molar-refractivity contribution in [1.82, 2.24) is 0 Å². The molecule has 17 heavy (non-hydrogen) atoms. The molecule has 2 nitrogen and oxygen atoms in total. The Hall–Kier alpha value is -1.05. The molecule has 0 atom stereocenters. The molecule has 0 spiro atoms. The first-order valence-corrected chi connectivity index (χ1v) is 6.72. The maximum atomic E-state index is 10.5. The van der Waals surface area contributed by atoms with Crippen LogP contribution in [0.15, 0.2) is 24.3 Å². The van der Waals surface area contributed by atoms with Crippen LogP contribution in [0.4, 0.5) is 0 Å². The second-order valence-electron chi connectivity index (χ2n) is 4.16. The van der Waals surface area contributed by atoms with E-state index in [4.69, 9.17) is 4.74 Å². The van der Waals surface area contributed by atoms with Crippen LogP contribution in [0.25, 0.3) is 0 Å². The van der Waals surface area contributed by atoms with Gasteiger partial charge in [-0.15, -0.1) is 0 Å². The van der Waals surface area contributed by atoms with E-state index in [9.17, 15) is 4.79 Å². The molecule has 0 aliphatic heterocycles. The Morgan fingerprint density at radius 1 is 1.00 bits per heavy atom. The summed E-state index contributed by atoms with van der Waals surface area (Å²) >= 11 is 0. The Balaban J connectivity index is 3.11. The lowest BCUT2D eigenvalue weighted by Gasteiger charge is -2.01. The van der Waals surface area contributed by atoms with E-state index in [1.54, 1.807) is 0 Å². The molecule has 0 heterocycles. The van der Waals surface area contributed by atoms with Gasteiger partial charge in [-0.05, 0) is 25.7 Å². The van der Waals surface area contributed by atoms with Gasteiger partial charge >= 0.3 is 5.97 Å². The highest BCUT2D eigenvalue weighted by molar-refractivity contribution is 5.65. The van der Waals surface area contributed by atoms with Gasteiger partial charge in [-0.1, -0.05) is 50.5 Å². The number of hydrogen-bond acceptors (Lipinski definition) is 2. The molecule has 0 saturated carbocycles. The third-order valence-electron chi connectivity index (χ3n) is 2.44. The first kappa shape index (κ1) is 16.0. The van der Waals surface area contributed by atoms with Crippen LogP contribution < -0.4 is 0 Å². The molecule has 2 heteroatoms. The fourth-order valence-electron chi connectivity index (χ4n) is 1.50. The zero-order chi connectivity index (χ0) is 12.8. The second-order valence-corrected chi connectivity index (χ2v) is 4.16. The number of rotatable bonds is 10.